The molecule has 34 heavy (non-hydrogen) atoms. The molecule has 0 bridgehead atoms. The number of morpholine rings is 1. The molecular weight excluding hydrogens is 453 g/mol. The van der Waals surface area contributed by atoms with E-state index in [0.29, 0.717) is 66.9 Å². The summed E-state index contributed by atoms with van der Waals surface area (Å²) in [5.74, 6) is 1.28. The van der Waals surface area contributed by atoms with Gasteiger partial charge in [0.25, 0.3) is 5.91 Å². The second kappa shape index (κ2) is 9.13. The van der Waals surface area contributed by atoms with Crippen LogP contribution in [-0.2, 0) is 11.4 Å². The van der Waals surface area contributed by atoms with Crippen LogP contribution in [0.15, 0.2) is 54.4 Å². The first-order chi connectivity index (χ1) is 16.7. The fourth-order valence-corrected chi connectivity index (χ4v) is 6.17. The van der Waals surface area contributed by atoms with Crippen LogP contribution in [0.25, 0.3) is 0 Å². The normalized spacial score (nSPS) is 24.3. The molecule has 2 unspecified atom stereocenters. The van der Waals surface area contributed by atoms with Gasteiger partial charge in [0.2, 0.25) is 0 Å². The average Bonchev–Trinajstić information content (AvgIpc) is 3.42. The monoisotopic (exact) mass is 481 g/mol. The highest BCUT2D eigenvalue weighted by Crippen LogP contribution is 2.52. The first-order valence-corrected chi connectivity index (χ1v) is 12.7. The van der Waals surface area contributed by atoms with Gasteiger partial charge in [0.05, 0.1) is 36.8 Å². The van der Waals surface area contributed by atoms with Crippen molar-refractivity contribution in [1.82, 2.24) is 14.5 Å². The summed E-state index contributed by atoms with van der Waals surface area (Å²) in [6, 6.07) is 8.96. The lowest BCUT2D eigenvalue weighted by Crippen LogP contribution is -2.37. The number of aromatic nitrogens is 2. The summed E-state index contributed by atoms with van der Waals surface area (Å²) in [4.78, 5) is 24.5. The molecule has 1 saturated carbocycles. The molecule has 3 aliphatic rings. The Morgan fingerprint density at radius 2 is 2.03 bits per heavy atom. The Morgan fingerprint density at radius 3 is 2.71 bits per heavy atom. The number of amides is 1. The van der Waals surface area contributed by atoms with Gasteiger partial charge in [-0.25, -0.2) is 9.37 Å². The lowest BCUT2D eigenvalue weighted by Gasteiger charge is -2.30. The van der Waals surface area contributed by atoms with Gasteiger partial charge in [-0.15, -0.1) is 11.3 Å². The number of thiophene rings is 1. The van der Waals surface area contributed by atoms with Crippen LogP contribution in [0.3, 0.4) is 0 Å². The van der Waals surface area contributed by atoms with E-state index >= 15 is 4.39 Å². The predicted octanol–water partition coefficient (Wildman–Crippen LogP) is 3.40. The number of piperidine rings is 1. The van der Waals surface area contributed by atoms with E-state index < -0.39 is 0 Å². The van der Waals surface area contributed by atoms with Gasteiger partial charge >= 0.3 is 0 Å². The molecule has 7 nitrogen and oxygen atoms in total. The van der Waals surface area contributed by atoms with Crippen LogP contribution in [-0.4, -0.2) is 66.3 Å². The number of benzene rings is 1. The summed E-state index contributed by atoms with van der Waals surface area (Å²) >= 11 is 1.43. The van der Waals surface area contributed by atoms with Crippen LogP contribution in [0, 0.1) is 23.6 Å². The first kappa shape index (κ1) is 21.8. The standard InChI is InChI=1S/C25H28FN5O2S/c26-22-12-18(3-4-23(22)30-7-9-33-10-8-30)31(25(32)24-2-1-11-34-24)15-21-19-13-29(14-20(19)21)17-28-6-5-27-16-28/h1-6,11-12,16,19-21H,7-10,13-15,17H2. The Bertz CT molecular complexity index is 1120. The quantitative estimate of drug-likeness (QED) is 0.518. The van der Waals surface area contributed by atoms with Crippen molar-refractivity contribution in [2.24, 2.45) is 17.8 Å². The number of imidazole rings is 1. The SMILES string of the molecule is O=C(c1cccs1)N(CC1C2CN(Cn3ccnc3)CC21)c1ccc(N2CCOCC2)c(F)c1. The maximum Gasteiger partial charge on any atom is 0.268 e. The zero-order valence-corrected chi connectivity index (χ0v) is 19.7. The second-order valence-corrected chi connectivity index (χ2v) is 10.3. The molecule has 2 aliphatic heterocycles. The van der Waals surface area contributed by atoms with Crippen LogP contribution in [0.4, 0.5) is 15.8 Å². The molecule has 1 amide bonds. The summed E-state index contributed by atoms with van der Waals surface area (Å²) in [6.45, 7) is 6.09. The molecule has 9 heteroatoms. The van der Waals surface area contributed by atoms with Gasteiger partial charge in [-0.1, -0.05) is 6.07 Å². The van der Waals surface area contributed by atoms with Crippen molar-refractivity contribution in [3.8, 4) is 0 Å². The van der Waals surface area contributed by atoms with Gasteiger partial charge in [-0.05, 0) is 47.4 Å². The minimum atomic E-state index is -0.286. The van der Waals surface area contributed by atoms with Crippen molar-refractivity contribution in [3.05, 3.63) is 65.1 Å². The number of carbonyl (C=O) groups excluding carboxylic acids is 1. The maximum atomic E-state index is 15.2. The van der Waals surface area contributed by atoms with Gasteiger partial charge in [0, 0.05) is 50.8 Å². The smallest absolute Gasteiger partial charge is 0.268 e. The topological polar surface area (TPSA) is 53.8 Å². The minimum Gasteiger partial charge on any atom is -0.378 e. The summed E-state index contributed by atoms with van der Waals surface area (Å²) in [6.07, 6.45) is 5.63. The number of anilines is 2. The van der Waals surface area contributed by atoms with Gasteiger partial charge in [0.1, 0.15) is 5.82 Å². The Balaban J connectivity index is 1.18. The Labute approximate surface area is 202 Å². The van der Waals surface area contributed by atoms with E-state index in [9.17, 15) is 4.79 Å². The first-order valence-electron chi connectivity index (χ1n) is 11.8. The predicted molar refractivity (Wildman–Crippen MR) is 130 cm³/mol. The van der Waals surface area contributed by atoms with Crippen LogP contribution >= 0.6 is 11.3 Å². The molecule has 2 aromatic heterocycles. The van der Waals surface area contributed by atoms with E-state index in [1.807, 2.05) is 47.1 Å². The third-order valence-electron chi connectivity index (χ3n) is 7.33. The Hall–Kier alpha value is -2.75. The van der Waals surface area contributed by atoms with E-state index in [1.54, 1.807) is 11.1 Å². The molecule has 1 aromatic carbocycles. The zero-order valence-electron chi connectivity index (χ0n) is 18.9. The highest BCUT2D eigenvalue weighted by Gasteiger charge is 2.56. The summed E-state index contributed by atoms with van der Waals surface area (Å²) in [5, 5.41) is 1.91. The second-order valence-electron chi connectivity index (χ2n) is 9.37. The number of likely N-dealkylation sites (tertiary alicyclic amines) is 1. The minimum absolute atomic E-state index is 0.0474. The Kier molecular flexibility index (Phi) is 5.84. The van der Waals surface area contributed by atoms with Crippen LogP contribution in [0.1, 0.15) is 9.67 Å². The zero-order chi connectivity index (χ0) is 23.1. The number of fused-ring (bicyclic) bond motifs is 1. The van der Waals surface area contributed by atoms with E-state index in [1.165, 1.54) is 17.4 Å². The Morgan fingerprint density at radius 1 is 1.21 bits per heavy atom. The van der Waals surface area contributed by atoms with Gasteiger partial charge in [-0.2, -0.15) is 0 Å². The van der Waals surface area contributed by atoms with Crippen molar-refractivity contribution in [2.45, 2.75) is 6.67 Å². The number of halogens is 1. The third-order valence-corrected chi connectivity index (χ3v) is 8.19. The van der Waals surface area contributed by atoms with Crippen LogP contribution in [0.2, 0.25) is 0 Å². The number of rotatable bonds is 7. The summed E-state index contributed by atoms with van der Waals surface area (Å²) in [7, 11) is 0. The van der Waals surface area contributed by atoms with Crippen LogP contribution < -0.4 is 9.80 Å². The average molecular weight is 482 g/mol. The molecule has 0 spiro atoms. The molecular formula is C25H28FN5O2S. The van der Waals surface area contributed by atoms with E-state index in [0.717, 1.165) is 19.8 Å². The lowest BCUT2D eigenvalue weighted by atomic mass is 10.1. The van der Waals surface area contributed by atoms with E-state index in [-0.39, 0.29) is 11.7 Å². The molecule has 0 radical (unpaired) electrons. The van der Waals surface area contributed by atoms with Crippen molar-refractivity contribution in [1.29, 1.82) is 0 Å². The largest absolute Gasteiger partial charge is 0.378 e. The third kappa shape index (κ3) is 4.23. The summed E-state index contributed by atoms with van der Waals surface area (Å²) < 4.78 is 22.7. The molecule has 4 heterocycles. The van der Waals surface area contributed by atoms with Crippen molar-refractivity contribution in [2.75, 3.05) is 55.7 Å². The molecule has 6 rings (SSSR count). The van der Waals surface area contributed by atoms with Crippen molar-refractivity contribution in [3.63, 3.8) is 0 Å². The summed E-state index contributed by atoms with van der Waals surface area (Å²) in [5.41, 5.74) is 1.21. The number of hydrogen-bond acceptors (Lipinski definition) is 6. The number of ether oxygens (including phenoxy) is 1. The molecule has 2 atom stereocenters. The molecule has 2 saturated heterocycles. The van der Waals surface area contributed by atoms with E-state index in [4.69, 9.17) is 4.74 Å². The number of nitrogens with zero attached hydrogens (tertiary/aromatic N) is 5. The highest BCUT2D eigenvalue weighted by atomic mass is 32.1. The maximum absolute atomic E-state index is 15.2. The van der Waals surface area contributed by atoms with Gasteiger partial charge in [-0.3, -0.25) is 9.69 Å². The van der Waals surface area contributed by atoms with E-state index in [2.05, 4.69) is 14.5 Å². The van der Waals surface area contributed by atoms with Crippen molar-refractivity contribution < 1.29 is 13.9 Å². The molecule has 3 aromatic rings. The van der Waals surface area contributed by atoms with Gasteiger partial charge in [0.15, 0.2) is 0 Å². The fourth-order valence-electron chi connectivity index (χ4n) is 5.50. The lowest BCUT2D eigenvalue weighted by molar-refractivity contribution is 0.0987. The molecule has 1 aliphatic carbocycles. The molecule has 178 valence electrons. The van der Waals surface area contributed by atoms with Crippen molar-refractivity contribution >= 4 is 28.6 Å². The van der Waals surface area contributed by atoms with Gasteiger partial charge < -0.3 is 19.1 Å². The molecule has 0 N–H and O–H groups in total. The fraction of sp³-hybridized carbons (Fsp3) is 0.440. The highest BCUT2D eigenvalue weighted by molar-refractivity contribution is 7.12. The molecule has 3 fully saturated rings. The van der Waals surface area contributed by atoms with Crippen LogP contribution in [0.5, 0.6) is 0 Å². The number of carbonyl (C=O) groups is 1. The number of hydrogen-bond donors (Lipinski definition) is 0.